The highest BCUT2D eigenvalue weighted by molar-refractivity contribution is 7.98. The molecule has 0 spiro atoms. The maximum Gasteiger partial charge on any atom is 0.260 e. The van der Waals surface area contributed by atoms with Crippen LogP contribution in [0.2, 0.25) is 0 Å². The van der Waals surface area contributed by atoms with Gasteiger partial charge in [0.2, 0.25) is 0 Å². The Balaban J connectivity index is 2.25. The van der Waals surface area contributed by atoms with Crippen molar-refractivity contribution in [2.75, 3.05) is 18.6 Å². The van der Waals surface area contributed by atoms with E-state index in [9.17, 15) is 8.78 Å². The molecule has 0 aromatic rings. The summed E-state index contributed by atoms with van der Waals surface area (Å²) in [6.07, 6.45) is 2.65. The summed E-state index contributed by atoms with van der Waals surface area (Å²) in [5, 5.41) is 2.84. The van der Waals surface area contributed by atoms with Crippen LogP contribution in [0, 0.1) is 0 Å². The number of halogens is 2. The molecule has 1 rings (SSSR count). The Hall–Kier alpha value is 0.170. The summed E-state index contributed by atoms with van der Waals surface area (Å²) in [7, 11) is 0. The van der Waals surface area contributed by atoms with E-state index in [2.05, 4.69) is 5.32 Å². The molecule has 0 aliphatic carbocycles. The van der Waals surface area contributed by atoms with Gasteiger partial charge in [0.05, 0.1) is 6.54 Å². The first-order valence-electron chi connectivity index (χ1n) is 3.74. The van der Waals surface area contributed by atoms with Crippen LogP contribution in [0.1, 0.15) is 12.8 Å². The van der Waals surface area contributed by atoms with Crippen molar-refractivity contribution in [1.82, 2.24) is 5.32 Å². The average molecular weight is 181 g/mol. The zero-order valence-electron chi connectivity index (χ0n) is 6.57. The molecule has 0 amide bonds. The van der Waals surface area contributed by atoms with Crippen molar-refractivity contribution in [2.45, 2.75) is 24.8 Å². The van der Waals surface area contributed by atoms with Crippen molar-refractivity contribution in [3.63, 3.8) is 0 Å². The Kier molecular flexibility index (Phi) is 3.13. The molecule has 0 saturated carbocycles. The van der Waals surface area contributed by atoms with Crippen molar-refractivity contribution in [1.29, 1.82) is 0 Å². The lowest BCUT2D eigenvalue weighted by atomic mass is 10.0. The second-order valence-corrected chi connectivity index (χ2v) is 3.84. The molecule has 1 atom stereocenters. The van der Waals surface area contributed by atoms with Crippen LogP contribution >= 0.6 is 11.8 Å². The van der Waals surface area contributed by atoms with Crippen LogP contribution in [-0.2, 0) is 0 Å². The van der Waals surface area contributed by atoms with E-state index in [1.807, 2.05) is 6.26 Å². The van der Waals surface area contributed by atoms with Crippen LogP contribution in [0.15, 0.2) is 0 Å². The van der Waals surface area contributed by atoms with Gasteiger partial charge in [-0.3, -0.25) is 0 Å². The topological polar surface area (TPSA) is 12.0 Å². The fourth-order valence-electron chi connectivity index (χ4n) is 1.21. The molecule has 0 bridgehead atoms. The van der Waals surface area contributed by atoms with Crippen LogP contribution in [0.3, 0.4) is 0 Å². The lowest BCUT2D eigenvalue weighted by molar-refractivity contribution is -0.0281. The van der Waals surface area contributed by atoms with Crippen LogP contribution in [0.25, 0.3) is 0 Å². The zero-order chi connectivity index (χ0) is 8.32. The minimum Gasteiger partial charge on any atom is -0.308 e. The molecule has 1 aliphatic rings. The van der Waals surface area contributed by atoms with Gasteiger partial charge in [-0.2, -0.15) is 11.8 Å². The molecule has 66 valence electrons. The molecule has 1 unspecified atom stereocenters. The summed E-state index contributed by atoms with van der Waals surface area (Å²) in [6, 6.07) is 0.296. The monoisotopic (exact) mass is 181 g/mol. The Bertz CT molecular complexity index is 120. The largest absolute Gasteiger partial charge is 0.308 e. The zero-order valence-corrected chi connectivity index (χ0v) is 7.39. The first-order chi connectivity index (χ1) is 5.14. The Morgan fingerprint density at radius 1 is 1.64 bits per heavy atom. The fraction of sp³-hybridized carbons (Fsp3) is 1.00. The van der Waals surface area contributed by atoms with E-state index in [4.69, 9.17) is 0 Å². The molecular weight excluding hydrogens is 168 g/mol. The molecule has 11 heavy (non-hydrogen) atoms. The minimum absolute atomic E-state index is 0.0469. The third-order valence-corrected chi connectivity index (χ3v) is 2.61. The van der Waals surface area contributed by atoms with E-state index >= 15 is 0 Å². The quantitative estimate of drug-likeness (QED) is 0.696. The average Bonchev–Trinajstić information content (AvgIpc) is 1.94. The Labute approximate surface area is 69.9 Å². The Morgan fingerprint density at radius 2 is 2.36 bits per heavy atom. The smallest absolute Gasteiger partial charge is 0.260 e. The number of hydrogen-bond donors (Lipinski definition) is 1. The van der Waals surface area contributed by atoms with E-state index in [-0.39, 0.29) is 13.0 Å². The van der Waals surface area contributed by atoms with Crippen molar-refractivity contribution in [3.05, 3.63) is 0 Å². The summed E-state index contributed by atoms with van der Waals surface area (Å²) in [5.74, 6) is -1.52. The highest BCUT2D eigenvalue weighted by Gasteiger charge is 2.34. The highest BCUT2D eigenvalue weighted by Crippen LogP contribution is 2.25. The number of nitrogens with one attached hydrogen (secondary N) is 1. The molecule has 4 heteroatoms. The fourth-order valence-corrected chi connectivity index (χ4v) is 1.90. The molecule has 1 N–H and O–H groups in total. The summed E-state index contributed by atoms with van der Waals surface area (Å²) >= 11 is 1.70. The standard InChI is InChI=1S/C7H13F2NS/c1-11-4-6-2-3-7(8,9)5-10-6/h6,10H,2-5H2,1H3. The molecule has 1 heterocycles. The third-order valence-electron chi connectivity index (χ3n) is 1.88. The summed E-state index contributed by atoms with van der Waals surface area (Å²) in [6.45, 7) is -0.141. The van der Waals surface area contributed by atoms with Crippen LogP contribution in [-0.4, -0.2) is 30.5 Å². The lowest BCUT2D eigenvalue weighted by Gasteiger charge is -2.29. The van der Waals surface area contributed by atoms with E-state index in [1.165, 1.54) is 0 Å². The summed E-state index contributed by atoms with van der Waals surface area (Å²) < 4.78 is 25.1. The van der Waals surface area contributed by atoms with Gasteiger partial charge in [-0.1, -0.05) is 0 Å². The molecule has 1 saturated heterocycles. The van der Waals surface area contributed by atoms with Crippen LogP contribution < -0.4 is 5.32 Å². The van der Waals surface area contributed by atoms with Gasteiger partial charge in [-0.25, -0.2) is 8.78 Å². The normalized spacial score (nSPS) is 30.3. The molecule has 0 aromatic carbocycles. The number of thioether (sulfide) groups is 1. The van der Waals surface area contributed by atoms with E-state index < -0.39 is 5.92 Å². The number of piperidine rings is 1. The van der Waals surface area contributed by atoms with E-state index in [0.717, 1.165) is 5.75 Å². The van der Waals surface area contributed by atoms with Crippen molar-refractivity contribution in [2.24, 2.45) is 0 Å². The molecule has 1 nitrogen and oxygen atoms in total. The van der Waals surface area contributed by atoms with Gasteiger partial charge >= 0.3 is 0 Å². The maximum absolute atomic E-state index is 12.5. The van der Waals surface area contributed by atoms with Gasteiger partial charge in [0.25, 0.3) is 5.92 Å². The summed E-state index contributed by atoms with van der Waals surface area (Å²) in [5.41, 5.74) is 0. The second kappa shape index (κ2) is 3.72. The molecule has 1 fully saturated rings. The summed E-state index contributed by atoms with van der Waals surface area (Å²) in [4.78, 5) is 0. The second-order valence-electron chi connectivity index (χ2n) is 2.93. The van der Waals surface area contributed by atoms with Crippen molar-refractivity contribution in [3.8, 4) is 0 Å². The van der Waals surface area contributed by atoms with Gasteiger partial charge in [0.15, 0.2) is 0 Å². The predicted octanol–water partition coefficient (Wildman–Crippen LogP) is 1.74. The molecule has 0 radical (unpaired) electrons. The van der Waals surface area contributed by atoms with E-state index in [0.29, 0.717) is 12.5 Å². The van der Waals surface area contributed by atoms with Gasteiger partial charge < -0.3 is 5.32 Å². The highest BCUT2D eigenvalue weighted by atomic mass is 32.2. The first-order valence-corrected chi connectivity index (χ1v) is 5.13. The van der Waals surface area contributed by atoms with Crippen molar-refractivity contribution < 1.29 is 8.78 Å². The lowest BCUT2D eigenvalue weighted by Crippen LogP contribution is -2.46. The predicted molar refractivity (Wildman–Crippen MR) is 44.4 cm³/mol. The van der Waals surface area contributed by atoms with Crippen LogP contribution in [0.5, 0.6) is 0 Å². The maximum atomic E-state index is 12.5. The first kappa shape index (κ1) is 9.26. The Morgan fingerprint density at radius 3 is 2.82 bits per heavy atom. The number of rotatable bonds is 2. The van der Waals surface area contributed by atoms with Crippen LogP contribution in [0.4, 0.5) is 8.78 Å². The SMILES string of the molecule is CSCC1CCC(F)(F)CN1. The van der Waals surface area contributed by atoms with Gasteiger partial charge in [0, 0.05) is 18.2 Å². The third kappa shape index (κ3) is 2.95. The molecule has 0 aromatic heterocycles. The number of alkyl halides is 2. The van der Waals surface area contributed by atoms with E-state index in [1.54, 1.807) is 11.8 Å². The van der Waals surface area contributed by atoms with Gasteiger partial charge in [-0.15, -0.1) is 0 Å². The minimum atomic E-state index is -2.46. The molecular formula is C7H13F2NS. The number of hydrogen-bond acceptors (Lipinski definition) is 2. The van der Waals surface area contributed by atoms with Gasteiger partial charge in [0.1, 0.15) is 0 Å². The van der Waals surface area contributed by atoms with Gasteiger partial charge in [-0.05, 0) is 12.7 Å². The molecule has 1 aliphatic heterocycles. The van der Waals surface area contributed by atoms with Crippen molar-refractivity contribution >= 4 is 11.8 Å².